The summed E-state index contributed by atoms with van der Waals surface area (Å²) in [5.41, 5.74) is 4.80. The maximum absolute atomic E-state index is 6.39. The number of imidazole rings is 1. The van der Waals surface area contributed by atoms with Crippen LogP contribution in [0.15, 0.2) is 72.2 Å². The van der Waals surface area contributed by atoms with E-state index in [4.69, 9.17) is 14.3 Å². The molecule has 1 saturated heterocycles. The van der Waals surface area contributed by atoms with E-state index in [-0.39, 0.29) is 18.3 Å². The van der Waals surface area contributed by atoms with Crippen molar-refractivity contribution < 1.29 is 9.31 Å². The van der Waals surface area contributed by atoms with Crippen LogP contribution in [0.5, 0.6) is 0 Å². The first-order valence-electron chi connectivity index (χ1n) is 11.1. The Morgan fingerprint density at radius 1 is 0.935 bits per heavy atom. The van der Waals surface area contributed by atoms with Gasteiger partial charge >= 0.3 is 7.12 Å². The number of para-hydroxylation sites is 3. The predicted octanol–water partition coefficient (Wildman–Crippen LogP) is 6.01. The van der Waals surface area contributed by atoms with Crippen LogP contribution in [0.25, 0.3) is 22.3 Å². The fourth-order valence-electron chi connectivity index (χ4n) is 4.31. The molecule has 3 aromatic rings. The van der Waals surface area contributed by atoms with E-state index >= 15 is 0 Å². The minimum absolute atomic E-state index is 0.335. The molecule has 0 bridgehead atoms. The van der Waals surface area contributed by atoms with Crippen molar-refractivity contribution in [2.45, 2.75) is 52.2 Å². The van der Waals surface area contributed by atoms with Crippen molar-refractivity contribution in [2.75, 3.05) is 0 Å². The Hall–Kier alpha value is -2.63. The van der Waals surface area contributed by atoms with E-state index < -0.39 is 0 Å². The third-order valence-corrected chi connectivity index (χ3v) is 6.94. The van der Waals surface area contributed by atoms with Gasteiger partial charge in [-0.3, -0.25) is 4.57 Å². The fourth-order valence-corrected chi connectivity index (χ4v) is 4.31. The third kappa shape index (κ3) is 3.37. The SMILES string of the molecule is CC1CC=C(c2nc3ccccc3n2-c2ccccc2)C=C1B1OC(C)(C)C(C)(C)O1. The van der Waals surface area contributed by atoms with Gasteiger partial charge < -0.3 is 9.31 Å². The molecular weight excluding hydrogens is 383 g/mol. The molecule has 1 unspecified atom stereocenters. The van der Waals surface area contributed by atoms with E-state index in [1.807, 2.05) is 12.1 Å². The molecule has 2 aromatic carbocycles. The number of rotatable bonds is 3. The second-order valence-corrected chi connectivity index (χ2v) is 9.62. The normalized spacial score (nSPS) is 22.5. The Kier molecular flexibility index (Phi) is 4.72. The maximum Gasteiger partial charge on any atom is 0.490 e. The maximum atomic E-state index is 6.39. The van der Waals surface area contributed by atoms with Gasteiger partial charge in [0, 0.05) is 11.3 Å². The molecule has 5 rings (SSSR count). The van der Waals surface area contributed by atoms with Crippen LogP contribution >= 0.6 is 0 Å². The molecule has 2 aliphatic rings. The molecule has 1 aromatic heterocycles. The third-order valence-electron chi connectivity index (χ3n) is 6.94. The molecule has 4 nitrogen and oxygen atoms in total. The van der Waals surface area contributed by atoms with E-state index in [1.165, 1.54) is 5.47 Å². The van der Waals surface area contributed by atoms with Crippen molar-refractivity contribution >= 4 is 23.7 Å². The highest BCUT2D eigenvalue weighted by Gasteiger charge is 2.53. The molecule has 1 fully saturated rings. The van der Waals surface area contributed by atoms with Crippen molar-refractivity contribution in [1.29, 1.82) is 0 Å². The number of hydrogen-bond donors (Lipinski definition) is 0. The Bertz CT molecular complexity index is 1170. The van der Waals surface area contributed by atoms with E-state index in [1.54, 1.807) is 0 Å². The monoisotopic (exact) mass is 412 g/mol. The molecule has 0 radical (unpaired) electrons. The lowest BCUT2D eigenvalue weighted by molar-refractivity contribution is 0.00578. The number of hydrogen-bond acceptors (Lipinski definition) is 3. The van der Waals surface area contributed by atoms with E-state index in [0.29, 0.717) is 5.92 Å². The number of aromatic nitrogens is 2. The Labute approximate surface area is 184 Å². The summed E-state index contributed by atoms with van der Waals surface area (Å²) in [7, 11) is -0.335. The second-order valence-electron chi connectivity index (χ2n) is 9.62. The van der Waals surface area contributed by atoms with E-state index in [0.717, 1.165) is 34.5 Å². The van der Waals surface area contributed by atoms with Gasteiger partial charge in [0.25, 0.3) is 0 Å². The van der Waals surface area contributed by atoms with Gasteiger partial charge in [0.2, 0.25) is 0 Å². The van der Waals surface area contributed by atoms with Crippen LogP contribution in [0.1, 0.15) is 46.9 Å². The number of fused-ring (bicyclic) bond motifs is 1. The molecule has 2 heterocycles. The molecule has 31 heavy (non-hydrogen) atoms. The lowest BCUT2D eigenvalue weighted by Gasteiger charge is -2.32. The molecular formula is C26H29BN2O2. The highest BCUT2D eigenvalue weighted by Crippen LogP contribution is 2.42. The quantitative estimate of drug-likeness (QED) is 0.495. The zero-order chi connectivity index (χ0) is 21.8. The molecule has 0 amide bonds. The first-order chi connectivity index (χ1) is 14.8. The van der Waals surface area contributed by atoms with Crippen molar-refractivity contribution in [2.24, 2.45) is 5.92 Å². The summed E-state index contributed by atoms with van der Waals surface area (Å²) < 4.78 is 15.0. The number of nitrogens with zero attached hydrogens (tertiary/aromatic N) is 2. The summed E-state index contributed by atoms with van der Waals surface area (Å²) in [6.45, 7) is 10.7. The van der Waals surface area contributed by atoms with Crippen LogP contribution < -0.4 is 0 Å². The summed E-state index contributed by atoms with van der Waals surface area (Å²) in [6, 6.07) is 18.7. The van der Waals surface area contributed by atoms with Crippen LogP contribution in [-0.4, -0.2) is 27.9 Å². The number of benzene rings is 2. The van der Waals surface area contributed by atoms with Crippen LogP contribution in [0.4, 0.5) is 0 Å². The fraction of sp³-hybridized carbons (Fsp3) is 0.346. The second kappa shape index (κ2) is 7.21. The summed E-state index contributed by atoms with van der Waals surface area (Å²) in [6.07, 6.45) is 5.46. The minimum atomic E-state index is -0.350. The van der Waals surface area contributed by atoms with Crippen LogP contribution in [0, 0.1) is 5.92 Å². The lowest BCUT2D eigenvalue weighted by atomic mass is 9.67. The highest BCUT2D eigenvalue weighted by atomic mass is 16.7. The van der Waals surface area contributed by atoms with Crippen LogP contribution in [0.2, 0.25) is 0 Å². The van der Waals surface area contributed by atoms with Gasteiger partial charge in [0.1, 0.15) is 5.82 Å². The van der Waals surface area contributed by atoms with Gasteiger partial charge in [0.05, 0.1) is 22.2 Å². The first-order valence-corrected chi connectivity index (χ1v) is 11.1. The van der Waals surface area contributed by atoms with Gasteiger partial charge in [-0.2, -0.15) is 0 Å². The van der Waals surface area contributed by atoms with Crippen LogP contribution in [0.3, 0.4) is 0 Å². The van der Waals surface area contributed by atoms with Crippen molar-refractivity contribution in [3.05, 3.63) is 78.0 Å². The molecule has 1 aliphatic carbocycles. The average Bonchev–Trinajstić information content (AvgIpc) is 3.23. The zero-order valence-electron chi connectivity index (χ0n) is 18.9. The van der Waals surface area contributed by atoms with Gasteiger partial charge in [-0.15, -0.1) is 0 Å². The molecule has 1 aliphatic heterocycles. The van der Waals surface area contributed by atoms with Crippen molar-refractivity contribution in [3.63, 3.8) is 0 Å². The zero-order valence-corrected chi connectivity index (χ0v) is 18.9. The lowest BCUT2D eigenvalue weighted by Crippen LogP contribution is -2.41. The molecule has 5 heteroatoms. The smallest absolute Gasteiger partial charge is 0.400 e. The average molecular weight is 412 g/mol. The standard InChI is InChI=1S/C26H29BN2O2/c1-18-15-16-19(17-21(18)27-30-25(2,3)26(4,5)31-27)24-28-22-13-9-10-14-23(22)29(24)20-11-7-6-8-12-20/h6-14,16-18H,15H2,1-5H3. The Morgan fingerprint density at radius 3 is 2.29 bits per heavy atom. The summed E-state index contributed by atoms with van der Waals surface area (Å²) >= 11 is 0. The summed E-state index contributed by atoms with van der Waals surface area (Å²) in [5.74, 6) is 1.31. The molecule has 1 atom stereocenters. The molecule has 0 spiro atoms. The van der Waals surface area contributed by atoms with Crippen molar-refractivity contribution in [1.82, 2.24) is 9.55 Å². The highest BCUT2D eigenvalue weighted by molar-refractivity contribution is 6.55. The molecule has 0 saturated carbocycles. The van der Waals surface area contributed by atoms with Gasteiger partial charge in [-0.1, -0.05) is 49.4 Å². The molecule has 158 valence electrons. The summed E-state index contributed by atoms with van der Waals surface area (Å²) in [4.78, 5) is 5.02. The largest absolute Gasteiger partial charge is 0.490 e. The Balaban J connectivity index is 1.61. The predicted molar refractivity (Wildman–Crippen MR) is 127 cm³/mol. The van der Waals surface area contributed by atoms with Gasteiger partial charge in [0.15, 0.2) is 0 Å². The topological polar surface area (TPSA) is 36.3 Å². The van der Waals surface area contributed by atoms with Gasteiger partial charge in [-0.25, -0.2) is 4.98 Å². The van der Waals surface area contributed by atoms with Crippen molar-refractivity contribution in [3.8, 4) is 5.69 Å². The minimum Gasteiger partial charge on any atom is -0.400 e. The van der Waals surface area contributed by atoms with Crippen LogP contribution in [-0.2, 0) is 9.31 Å². The molecule has 0 N–H and O–H groups in total. The number of allylic oxidation sites excluding steroid dienone is 4. The van der Waals surface area contributed by atoms with E-state index in [9.17, 15) is 0 Å². The Morgan fingerprint density at radius 2 is 1.58 bits per heavy atom. The van der Waals surface area contributed by atoms with E-state index in [2.05, 4.69) is 93.8 Å². The first kappa shape index (κ1) is 20.3. The van der Waals surface area contributed by atoms with Gasteiger partial charge in [-0.05, 0) is 69.8 Å². The summed E-state index contributed by atoms with van der Waals surface area (Å²) in [5, 5.41) is 0.